The zero-order valence-electron chi connectivity index (χ0n) is 8.81. The summed E-state index contributed by atoms with van der Waals surface area (Å²) in [6, 6.07) is 9.19. The van der Waals surface area contributed by atoms with Crippen molar-refractivity contribution in [3.63, 3.8) is 0 Å². The van der Waals surface area contributed by atoms with E-state index in [0.29, 0.717) is 25.1 Å². The third-order valence-electron chi connectivity index (χ3n) is 2.76. The molecular weight excluding hydrogens is 190 g/mol. The van der Waals surface area contributed by atoms with Crippen LogP contribution in [0.15, 0.2) is 30.3 Å². The number of hydrogen-bond donors (Lipinski definition) is 1. The molecule has 1 heterocycles. The number of carbonyl (C=O) groups is 1. The summed E-state index contributed by atoms with van der Waals surface area (Å²) in [7, 11) is 0. The van der Waals surface area contributed by atoms with Crippen molar-refractivity contribution in [3.8, 4) is 0 Å². The molecule has 1 unspecified atom stereocenters. The van der Waals surface area contributed by atoms with Gasteiger partial charge in [0.15, 0.2) is 0 Å². The van der Waals surface area contributed by atoms with E-state index in [1.54, 1.807) is 24.0 Å². The van der Waals surface area contributed by atoms with Gasteiger partial charge in [-0.15, -0.1) is 0 Å². The first-order valence-corrected chi connectivity index (χ1v) is 5.15. The highest BCUT2D eigenvalue weighted by Gasteiger charge is 2.34. The van der Waals surface area contributed by atoms with E-state index < -0.39 is 5.60 Å². The van der Waals surface area contributed by atoms with E-state index in [1.807, 2.05) is 18.2 Å². The summed E-state index contributed by atoms with van der Waals surface area (Å²) < 4.78 is 0. The lowest BCUT2D eigenvalue weighted by Crippen LogP contribution is -2.33. The van der Waals surface area contributed by atoms with E-state index in [9.17, 15) is 9.90 Å². The number of β-amino-alcohol motifs (C(OH)–C–C–N with tert-alkyl or cyclic N) is 1. The van der Waals surface area contributed by atoms with E-state index in [0.717, 1.165) is 0 Å². The van der Waals surface area contributed by atoms with E-state index in [1.165, 1.54) is 0 Å². The fourth-order valence-electron chi connectivity index (χ4n) is 1.88. The minimum Gasteiger partial charge on any atom is -0.388 e. The number of aliphatic hydroxyl groups is 1. The second-order valence-corrected chi connectivity index (χ2v) is 4.34. The zero-order chi connectivity index (χ0) is 10.9. The Bertz CT molecular complexity index is 359. The molecule has 1 atom stereocenters. The summed E-state index contributed by atoms with van der Waals surface area (Å²) >= 11 is 0. The van der Waals surface area contributed by atoms with Crippen LogP contribution in [0, 0.1) is 0 Å². The summed E-state index contributed by atoms with van der Waals surface area (Å²) in [6.07, 6.45) is 0.658. The number of hydrogen-bond acceptors (Lipinski definition) is 2. The molecule has 0 saturated carbocycles. The SMILES string of the molecule is CC1(O)CCN(C(=O)c2ccccc2)C1. The predicted octanol–water partition coefficient (Wildman–Crippen LogP) is 1.28. The van der Waals surface area contributed by atoms with E-state index >= 15 is 0 Å². The van der Waals surface area contributed by atoms with Gasteiger partial charge in [0, 0.05) is 18.7 Å². The molecule has 1 aliphatic heterocycles. The van der Waals surface area contributed by atoms with Gasteiger partial charge in [-0.1, -0.05) is 18.2 Å². The molecule has 3 heteroatoms. The Hall–Kier alpha value is -1.35. The summed E-state index contributed by atoms with van der Waals surface area (Å²) in [5, 5.41) is 9.77. The Kier molecular flexibility index (Phi) is 2.49. The molecule has 15 heavy (non-hydrogen) atoms. The highest BCUT2D eigenvalue weighted by molar-refractivity contribution is 5.94. The van der Waals surface area contributed by atoms with Crippen molar-refractivity contribution in [3.05, 3.63) is 35.9 Å². The Morgan fingerprint density at radius 1 is 1.40 bits per heavy atom. The van der Waals surface area contributed by atoms with Crippen LogP contribution in [0.25, 0.3) is 0 Å². The Morgan fingerprint density at radius 3 is 2.60 bits per heavy atom. The maximum Gasteiger partial charge on any atom is 0.253 e. The summed E-state index contributed by atoms with van der Waals surface area (Å²) in [6.45, 7) is 2.84. The van der Waals surface area contributed by atoms with Crippen LogP contribution in [-0.2, 0) is 0 Å². The lowest BCUT2D eigenvalue weighted by molar-refractivity contribution is 0.0572. The van der Waals surface area contributed by atoms with Crippen molar-refractivity contribution in [2.45, 2.75) is 18.9 Å². The molecule has 2 rings (SSSR count). The smallest absolute Gasteiger partial charge is 0.253 e. The topological polar surface area (TPSA) is 40.5 Å². The van der Waals surface area contributed by atoms with Gasteiger partial charge >= 0.3 is 0 Å². The van der Waals surface area contributed by atoms with Gasteiger partial charge in [0.25, 0.3) is 5.91 Å². The lowest BCUT2D eigenvalue weighted by Gasteiger charge is -2.18. The third kappa shape index (κ3) is 2.18. The van der Waals surface area contributed by atoms with Crippen LogP contribution in [0.3, 0.4) is 0 Å². The molecular formula is C12H15NO2. The first-order valence-electron chi connectivity index (χ1n) is 5.15. The van der Waals surface area contributed by atoms with Crippen LogP contribution in [0.2, 0.25) is 0 Å². The fraction of sp³-hybridized carbons (Fsp3) is 0.417. The predicted molar refractivity (Wildman–Crippen MR) is 57.6 cm³/mol. The zero-order valence-corrected chi connectivity index (χ0v) is 8.81. The van der Waals surface area contributed by atoms with Crippen molar-refractivity contribution in [1.82, 2.24) is 4.90 Å². The van der Waals surface area contributed by atoms with Crippen molar-refractivity contribution in [2.24, 2.45) is 0 Å². The molecule has 1 saturated heterocycles. The maximum atomic E-state index is 11.9. The number of benzene rings is 1. The van der Waals surface area contributed by atoms with Crippen molar-refractivity contribution >= 4 is 5.91 Å². The van der Waals surface area contributed by atoms with Gasteiger partial charge < -0.3 is 10.0 Å². The maximum absolute atomic E-state index is 11.9. The summed E-state index contributed by atoms with van der Waals surface area (Å²) in [5.41, 5.74) is -0.0278. The monoisotopic (exact) mass is 205 g/mol. The molecule has 0 aromatic heterocycles. The van der Waals surface area contributed by atoms with Gasteiger partial charge in [0.2, 0.25) is 0 Å². The Morgan fingerprint density at radius 2 is 2.07 bits per heavy atom. The van der Waals surface area contributed by atoms with Crippen LogP contribution < -0.4 is 0 Å². The van der Waals surface area contributed by atoms with Crippen molar-refractivity contribution in [1.29, 1.82) is 0 Å². The first-order chi connectivity index (χ1) is 7.08. The fourth-order valence-corrected chi connectivity index (χ4v) is 1.88. The highest BCUT2D eigenvalue weighted by atomic mass is 16.3. The van der Waals surface area contributed by atoms with Crippen molar-refractivity contribution < 1.29 is 9.90 Å². The molecule has 3 nitrogen and oxygen atoms in total. The van der Waals surface area contributed by atoms with E-state index in [-0.39, 0.29) is 5.91 Å². The Labute approximate surface area is 89.3 Å². The van der Waals surface area contributed by atoms with Crippen LogP contribution >= 0.6 is 0 Å². The second kappa shape index (κ2) is 3.66. The Balaban J connectivity index is 2.11. The average Bonchev–Trinajstić information content (AvgIpc) is 2.59. The van der Waals surface area contributed by atoms with Crippen LogP contribution in [0.1, 0.15) is 23.7 Å². The van der Waals surface area contributed by atoms with Gasteiger partial charge in [0.1, 0.15) is 0 Å². The molecule has 1 N–H and O–H groups in total. The molecule has 0 aliphatic carbocycles. The molecule has 1 aromatic carbocycles. The van der Waals surface area contributed by atoms with Crippen LogP contribution in [0.5, 0.6) is 0 Å². The molecule has 1 aromatic rings. The van der Waals surface area contributed by atoms with Crippen LogP contribution in [-0.4, -0.2) is 34.6 Å². The van der Waals surface area contributed by atoms with Crippen molar-refractivity contribution in [2.75, 3.05) is 13.1 Å². The number of amides is 1. The average molecular weight is 205 g/mol. The quantitative estimate of drug-likeness (QED) is 0.750. The summed E-state index contributed by atoms with van der Waals surface area (Å²) in [5.74, 6) is 0.00775. The standard InChI is InChI=1S/C12H15NO2/c1-12(15)7-8-13(9-12)11(14)10-5-3-2-4-6-10/h2-6,15H,7-9H2,1H3. The molecule has 0 bridgehead atoms. The second-order valence-electron chi connectivity index (χ2n) is 4.34. The largest absolute Gasteiger partial charge is 0.388 e. The van der Waals surface area contributed by atoms with E-state index in [2.05, 4.69) is 0 Å². The lowest BCUT2D eigenvalue weighted by atomic mass is 10.1. The van der Waals surface area contributed by atoms with E-state index in [4.69, 9.17) is 0 Å². The molecule has 1 amide bonds. The normalized spacial score (nSPS) is 25.6. The molecule has 1 aliphatic rings. The van der Waals surface area contributed by atoms with Gasteiger partial charge in [-0.05, 0) is 25.5 Å². The third-order valence-corrected chi connectivity index (χ3v) is 2.76. The molecule has 0 spiro atoms. The highest BCUT2D eigenvalue weighted by Crippen LogP contribution is 2.21. The molecule has 0 radical (unpaired) electrons. The number of carbonyl (C=O) groups excluding carboxylic acids is 1. The number of nitrogens with zero attached hydrogens (tertiary/aromatic N) is 1. The van der Waals surface area contributed by atoms with Gasteiger partial charge in [0.05, 0.1) is 5.60 Å². The number of likely N-dealkylation sites (tertiary alicyclic amines) is 1. The molecule has 1 fully saturated rings. The van der Waals surface area contributed by atoms with Gasteiger partial charge in [-0.25, -0.2) is 0 Å². The number of rotatable bonds is 1. The van der Waals surface area contributed by atoms with Gasteiger partial charge in [-0.2, -0.15) is 0 Å². The summed E-state index contributed by atoms with van der Waals surface area (Å²) in [4.78, 5) is 13.7. The molecule has 80 valence electrons. The minimum atomic E-state index is -0.718. The van der Waals surface area contributed by atoms with Crippen LogP contribution in [0.4, 0.5) is 0 Å². The minimum absolute atomic E-state index is 0.00775. The van der Waals surface area contributed by atoms with Gasteiger partial charge in [-0.3, -0.25) is 4.79 Å². The first kappa shape index (κ1) is 10.2.